The van der Waals surface area contributed by atoms with Gasteiger partial charge in [-0.05, 0) is 32.2 Å². The van der Waals surface area contributed by atoms with Crippen LogP contribution in [0.25, 0.3) is 11.4 Å². The highest BCUT2D eigenvalue weighted by molar-refractivity contribution is 6.33. The van der Waals surface area contributed by atoms with Crippen molar-refractivity contribution in [2.24, 2.45) is 0 Å². The number of nitrogens with zero attached hydrogens (tertiary/aromatic N) is 4. The molecule has 2 aliphatic heterocycles. The largest absolute Gasteiger partial charge is 0.354 e. The number of rotatable bonds is 4. The zero-order valence-electron chi connectivity index (χ0n) is 17.7. The lowest BCUT2D eigenvalue weighted by Gasteiger charge is -2.34. The van der Waals surface area contributed by atoms with Crippen molar-refractivity contribution >= 4 is 28.9 Å². The van der Waals surface area contributed by atoms with E-state index in [4.69, 9.17) is 21.6 Å². The quantitative estimate of drug-likeness (QED) is 0.574. The van der Waals surface area contributed by atoms with Crippen LogP contribution < -0.4 is 21.1 Å². The van der Waals surface area contributed by atoms with Gasteiger partial charge in [-0.25, -0.2) is 15.4 Å². The van der Waals surface area contributed by atoms with E-state index in [1.165, 1.54) is 0 Å². The predicted molar refractivity (Wildman–Crippen MR) is 126 cm³/mol. The van der Waals surface area contributed by atoms with E-state index in [0.29, 0.717) is 10.8 Å². The van der Waals surface area contributed by atoms with Crippen LogP contribution in [0.4, 0.5) is 17.3 Å². The minimum Gasteiger partial charge on any atom is -0.354 e. The van der Waals surface area contributed by atoms with Crippen LogP contribution in [0.1, 0.15) is 17.3 Å². The Bertz CT molecular complexity index is 1100. The minimum absolute atomic E-state index is 0.0933. The summed E-state index contributed by atoms with van der Waals surface area (Å²) in [5.41, 5.74) is 10.6. The van der Waals surface area contributed by atoms with Gasteiger partial charge in [0.05, 0.1) is 10.7 Å². The first-order valence-corrected chi connectivity index (χ1v) is 10.9. The maximum atomic E-state index is 6.50. The second-order valence-electron chi connectivity index (χ2n) is 8.05. The molecule has 0 bridgehead atoms. The summed E-state index contributed by atoms with van der Waals surface area (Å²) in [5.74, 6) is 2.39. The van der Waals surface area contributed by atoms with Crippen LogP contribution in [0.15, 0.2) is 48.5 Å². The van der Waals surface area contributed by atoms with Gasteiger partial charge in [-0.15, -0.1) is 0 Å². The standard InChI is InChI=1S/C23H26ClN7/c1-15-20(26-22-17-8-4-6-10-19(17)28-29-22)25-21(16-7-3-5-9-18(16)24)27-23(15)31-13-11-30(2)12-14-31/h3-10,22,28-29H,11-14H2,1-2H3,(H,25,26,27). The Hall–Kier alpha value is -2.87. The molecule has 5 rings (SSSR count). The highest BCUT2D eigenvalue weighted by atomic mass is 35.5. The average Bonchev–Trinajstić information content (AvgIpc) is 3.19. The topological polar surface area (TPSA) is 68.3 Å². The molecule has 1 saturated heterocycles. The highest BCUT2D eigenvalue weighted by Gasteiger charge is 2.25. The van der Waals surface area contributed by atoms with Crippen molar-refractivity contribution in [2.45, 2.75) is 13.1 Å². The number of likely N-dealkylation sites (N-methyl/N-ethyl adjacent to an activating group) is 1. The monoisotopic (exact) mass is 435 g/mol. The molecule has 1 aromatic heterocycles. The second-order valence-corrected chi connectivity index (χ2v) is 8.46. The summed E-state index contributed by atoms with van der Waals surface area (Å²) < 4.78 is 0. The number of hydrogen-bond donors (Lipinski definition) is 3. The minimum atomic E-state index is -0.0933. The van der Waals surface area contributed by atoms with Crippen molar-refractivity contribution in [3.63, 3.8) is 0 Å². The molecule has 0 amide bonds. The van der Waals surface area contributed by atoms with Crippen LogP contribution in [0.5, 0.6) is 0 Å². The van der Waals surface area contributed by atoms with Crippen LogP contribution >= 0.6 is 11.6 Å². The van der Waals surface area contributed by atoms with Gasteiger partial charge < -0.3 is 20.5 Å². The van der Waals surface area contributed by atoms with E-state index >= 15 is 0 Å². The summed E-state index contributed by atoms with van der Waals surface area (Å²) in [6.45, 7) is 5.97. The Balaban J connectivity index is 1.56. The summed E-state index contributed by atoms with van der Waals surface area (Å²) >= 11 is 6.50. The number of aromatic nitrogens is 2. The Morgan fingerprint density at radius 1 is 1.00 bits per heavy atom. The van der Waals surface area contributed by atoms with Gasteiger partial charge in [0.25, 0.3) is 0 Å². The van der Waals surface area contributed by atoms with Gasteiger partial charge in [0, 0.05) is 42.9 Å². The van der Waals surface area contributed by atoms with E-state index in [-0.39, 0.29) is 6.17 Å². The number of para-hydroxylation sites is 1. The molecule has 7 nitrogen and oxygen atoms in total. The molecule has 2 aromatic carbocycles. The van der Waals surface area contributed by atoms with Crippen molar-refractivity contribution in [2.75, 3.05) is 48.9 Å². The summed E-state index contributed by atoms with van der Waals surface area (Å²) in [5, 5.41) is 4.22. The predicted octanol–water partition coefficient (Wildman–Crippen LogP) is 3.90. The van der Waals surface area contributed by atoms with Gasteiger partial charge in [0.1, 0.15) is 17.8 Å². The van der Waals surface area contributed by atoms with E-state index in [2.05, 4.69) is 52.1 Å². The summed E-state index contributed by atoms with van der Waals surface area (Å²) in [6, 6.07) is 16.0. The van der Waals surface area contributed by atoms with Crippen LogP contribution in [0.3, 0.4) is 0 Å². The maximum absolute atomic E-state index is 6.50. The number of halogens is 1. The Kier molecular flexibility index (Phi) is 5.40. The molecule has 0 spiro atoms. The van der Waals surface area contributed by atoms with E-state index in [0.717, 1.165) is 60.2 Å². The molecule has 1 unspecified atom stereocenters. The van der Waals surface area contributed by atoms with Crippen LogP contribution in [0.2, 0.25) is 5.02 Å². The number of anilines is 3. The maximum Gasteiger partial charge on any atom is 0.165 e. The summed E-state index contributed by atoms with van der Waals surface area (Å²) in [7, 11) is 2.16. The van der Waals surface area contributed by atoms with Gasteiger partial charge in [0.2, 0.25) is 0 Å². The molecule has 31 heavy (non-hydrogen) atoms. The molecule has 2 aliphatic rings. The molecule has 3 N–H and O–H groups in total. The molecular weight excluding hydrogens is 410 g/mol. The number of hydrogen-bond acceptors (Lipinski definition) is 7. The summed E-state index contributed by atoms with van der Waals surface area (Å²) in [4.78, 5) is 14.5. The lowest BCUT2D eigenvalue weighted by Crippen LogP contribution is -2.45. The zero-order valence-corrected chi connectivity index (χ0v) is 18.4. The molecule has 3 heterocycles. The molecule has 0 aliphatic carbocycles. The van der Waals surface area contributed by atoms with Gasteiger partial charge in [-0.2, -0.15) is 0 Å². The number of benzene rings is 2. The molecule has 0 saturated carbocycles. The van der Waals surface area contributed by atoms with Gasteiger partial charge in [0.15, 0.2) is 5.82 Å². The second kappa shape index (κ2) is 8.34. The SMILES string of the molecule is Cc1c(NC2NNc3ccccc32)nc(-c2ccccc2Cl)nc1N1CCN(C)CC1. The zero-order chi connectivity index (χ0) is 21.4. The van der Waals surface area contributed by atoms with Gasteiger partial charge in [-0.3, -0.25) is 0 Å². The normalized spacial score (nSPS) is 18.5. The van der Waals surface area contributed by atoms with E-state index < -0.39 is 0 Å². The Labute approximate surface area is 187 Å². The fraction of sp³-hybridized carbons (Fsp3) is 0.304. The third-order valence-electron chi connectivity index (χ3n) is 5.94. The number of nitrogens with one attached hydrogen (secondary N) is 3. The molecule has 0 radical (unpaired) electrons. The van der Waals surface area contributed by atoms with Crippen LogP contribution in [-0.2, 0) is 0 Å². The third-order valence-corrected chi connectivity index (χ3v) is 6.27. The van der Waals surface area contributed by atoms with E-state index in [1.807, 2.05) is 36.4 Å². The van der Waals surface area contributed by atoms with Gasteiger partial charge >= 0.3 is 0 Å². The smallest absolute Gasteiger partial charge is 0.165 e. The number of fused-ring (bicyclic) bond motifs is 1. The summed E-state index contributed by atoms with van der Waals surface area (Å²) in [6.07, 6.45) is -0.0933. The molecule has 1 fully saturated rings. The van der Waals surface area contributed by atoms with Gasteiger partial charge in [-0.1, -0.05) is 41.9 Å². The fourth-order valence-electron chi connectivity index (χ4n) is 4.08. The lowest BCUT2D eigenvalue weighted by molar-refractivity contribution is 0.312. The van der Waals surface area contributed by atoms with Crippen molar-refractivity contribution in [3.8, 4) is 11.4 Å². The van der Waals surface area contributed by atoms with Crippen molar-refractivity contribution in [3.05, 3.63) is 64.7 Å². The molecule has 160 valence electrons. The third kappa shape index (κ3) is 3.92. The van der Waals surface area contributed by atoms with Crippen molar-refractivity contribution < 1.29 is 0 Å². The fourth-order valence-corrected chi connectivity index (χ4v) is 4.30. The van der Waals surface area contributed by atoms with Crippen LogP contribution in [0, 0.1) is 6.92 Å². The molecule has 3 aromatic rings. The van der Waals surface area contributed by atoms with E-state index in [9.17, 15) is 0 Å². The van der Waals surface area contributed by atoms with E-state index in [1.54, 1.807) is 0 Å². The van der Waals surface area contributed by atoms with Crippen LogP contribution in [-0.4, -0.2) is 48.1 Å². The van der Waals surface area contributed by atoms with Crippen molar-refractivity contribution in [1.29, 1.82) is 0 Å². The molecular formula is C23H26ClN7. The first-order valence-electron chi connectivity index (χ1n) is 10.5. The number of piperazine rings is 1. The first-order chi connectivity index (χ1) is 15.1. The molecule has 8 heteroatoms. The molecule has 1 atom stereocenters. The lowest BCUT2D eigenvalue weighted by atomic mass is 10.1. The Morgan fingerprint density at radius 2 is 1.74 bits per heavy atom. The Morgan fingerprint density at radius 3 is 2.55 bits per heavy atom. The van der Waals surface area contributed by atoms with Crippen molar-refractivity contribution in [1.82, 2.24) is 20.3 Å². The number of hydrazine groups is 1. The first kappa shape index (κ1) is 20.1. The highest BCUT2D eigenvalue weighted by Crippen LogP contribution is 2.34. The average molecular weight is 436 g/mol.